The Bertz CT molecular complexity index is 443. The average Bonchev–Trinajstić information content (AvgIpc) is 2.91. The van der Waals surface area contributed by atoms with Gasteiger partial charge in [-0.05, 0) is 23.3 Å². The molecule has 18 heavy (non-hydrogen) atoms. The van der Waals surface area contributed by atoms with Crippen molar-refractivity contribution in [2.45, 2.75) is 24.9 Å². The number of hydrogen-bond donors (Lipinski definition) is 2. The molecule has 0 bridgehead atoms. The summed E-state index contributed by atoms with van der Waals surface area (Å²) in [5.41, 5.74) is 2.45. The number of benzene rings is 1. The maximum atomic E-state index is 12.4. The third kappa shape index (κ3) is 2.40. The van der Waals surface area contributed by atoms with E-state index < -0.39 is 0 Å². The number of carbonyl (C=O) groups excluding carboxylic acids is 1. The predicted molar refractivity (Wildman–Crippen MR) is 74.8 cm³/mol. The minimum atomic E-state index is -0.0273. The van der Waals surface area contributed by atoms with Gasteiger partial charge in [0, 0.05) is 24.9 Å². The van der Waals surface area contributed by atoms with Crippen LogP contribution in [0.1, 0.15) is 23.5 Å². The molecule has 4 heteroatoms. The first-order chi connectivity index (χ1) is 8.84. The van der Waals surface area contributed by atoms with Crippen LogP contribution in [0.5, 0.6) is 0 Å². The fraction of sp³-hybridized carbons (Fsp3) is 0.500. The maximum Gasteiger partial charge on any atom is 0.229 e. The van der Waals surface area contributed by atoms with E-state index in [0.29, 0.717) is 6.04 Å². The van der Waals surface area contributed by atoms with Gasteiger partial charge in [-0.25, -0.2) is 0 Å². The van der Waals surface area contributed by atoms with Crippen LogP contribution >= 0.6 is 11.8 Å². The normalized spacial score (nSPS) is 26.7. The second-order valence-corrected chi connectivity index (χ2v) is 6.10. The zero-order valence-corrected chi connectivity index (χ0v) is 11.1. The first-order valence-electron chi connectivity index (χ1n) is 6.51. The molecule has 1 aromatic carbocycles. The highest BCUT2D eigenvalue weighted by atomic mass is 32.2. The van der Waals surface area contributed by atoms with Crippen molar-refractivity contribution in [2.75, 3.05) is 18.1 Å². The molecule has 2 atom stereocenters. The molecule has 2 heterocycles. The molecule has 1 aromatic rings. The average molecular weight is 262 g/mol. The van der Waals surface area contributed by atoms with Gasteiger partial charge < -0.3 is 10.6 Å². The first-order valence-corrected chi connectivity index (χ1v) is 7.66. The molecule has 0 aliphatic carbocycles. The van der Waals surface area contributed by atoms with Crippen molar-refractivity contribution >= 4 is 17.7 Å². The van der Waals surface area contributed by atoms with Gasteiger partial charge in [0.15, 0.2) is 0 Å². The zero-order chi connectivity index (χ0) is 12.4. The standard InChI is InChI=1S/C14H18N2OS/c17-14(16-11-5-6-18-9-11)13-8-15-7-10-3-1-2-4-12(10)13/h1-4,11,13,15H,5-9H2,(H,16,17). The van der Waals surface area contributed by atoms with Gasteiger partial charge in [-0.1, -0.05) is 24.3 Å². The minimum absolute atomic E-state index is 0.0273. The summed E-state index contributed by atoms with van der Waals surface area (Å²) in [5.74, 6) is 2.39. The van der Waals surface area contributed by atoms with Crippen molar-refractivity contribution in [1.29, 1.82) is 0 Å². The molecule has 2 unspecified atom stereocenters. The highest BCUT2D eigenvalue weighted by Gasteiger charge is 2.28. The molecule has 0 saturated carbocycles. The van der Waals surface area contributed by atoms with Crippen LogP contribution in [0.25, 0.3) is 0 Å². The van der Waals surface area contributed by atoms with Crippen LogP contribution in [0.15, 0.2) is 24.3 Å². The third-order valence-corrected chi connectivity index (χ3v) is 4.85. The van der Waals surface area contributed by atoms with Crippen molar-refractivity contribution in [3.63, 3.8) is 0 Å². The molecule has 1 fully saturated rings. The fourth-order valence-corrected chi connectivity index (χ4v) is 3.83. The van der Waals surface area contributed by atoms with Crippen LogP contribution in [-0.2, 0) is 11.3 Å². The SMILES string of the molecule is O=C(NC1CCSC1)C1CNCc2ccccc21. The largest absolute Gasteiger partial charge is 0.352 e. The van der Waals surface area contributed by atoms with Gasteiger partial charge >= 0.3 is 0 Å². The van der Waals surface area contributed by atoms with Crippen LogP contribution in [0.4, 0.5) is 0 Å². The molecule has 96 valence electrons. The highest BCUT2D eigenvalue weighted by molar-refractivity contribution is 7.99. The molecule has 2 aliphatic rings. The van der Waals surface area contributed by atoms with Crippen molar-refractivity contribution < 1.29 is 4.79 Å². The number of fused-ring (bicyclic) bond motifs is 1. The number of carbonyl (C=O) groups is 1. The Balaban J connectivity index is 1.74. The van der Waals surface area contributed by atoms with Crippen LogP contribution in [-0.4, -0.2) is 30.0 Å². The van der Waals surface area contributed by atoms with Crippen molar-refractivity contribution in [2.24, 2.45) is 0 Å². The van der Waals surface area contributed by atoms with Crippen LogP contribution < -0.4 is 10.6 Å². The summed E-state index contributed by atoms with van der Waals surface area (Å²) in [6, 6.07) is 8.62. The Morgan fingerprint density at radius 1 is 1.39 bits per heavy atom. The lowest BCUT2D eigenvalue weighted by Gasteiger charge is -2.26. The summed E-state index contributed by atoms with van der Waals surface area (Å²) in [6.45, 7) is 1.63. The molecule has 0 aromatic heterocycles. The van der Waals surface area contributed by atoms with E-state index in [2.05, 4.69) is 22.8 Å². The molecule has 3 rings (SSSR count). The van der Waals surface area contributed by atoms with Gasteiger partial charge in [0.1, 0.15) is 0 Å². The monoisotopic (exact) mass is 262 g/mol. The molecule has 1 saturated heterocycles. The summed E-state index contributed by atoms with van der Waals surface area (Å²) < 4.78 is 0. The second kappa shape index (κ2) is 5.33. The topological polar surface area (TPSA) is 41.1 Å². The lowest BCUT2D eigenvalue weighted by Crippen LogP contribution is -2.43. The Kier molecular flexibility index (Phi) is 3.57. The summed E-state index contributed by atoms with van der Waals surface area (Å²) in [5, 5.41) is 6.52. The Morgan fingerprint density at radius 2 is 2.28 bits per heavy atom. The molecular formula is C14H18N2OS. The van der Waals surface area contributed by atoms with E-state index in [9.17, 15) is 4.79 Å². The van der Waals surface area contributed by atoms with Gasteiger partial charge in [-0.15, -0.1) is 0 Å². The van der Waals surface area contributed by atoms with Gasteiger partial charge in [0.25, 0.3) is 0 Å². The number of rotatable bonds is 2. The number of thioether (sulfide) groups is 1. The molecule has 0 radical (unpaired) electrons. The summed E-state index contributed by atoms with van der Waals surface area (Å²) >= 11 is 1.93. The van der Waals surface area contributed by atoms with E-state index in [4.69, 9.17) is 0 Å². The van der Waals surface area contributed by atoms with Crippen LogP contribution in [0.2, 0.25) is 0 Å². The van der Waals surface area contributed by atoms with Crippen LogP contribution in [0, 0.1) is 0 Å². The van der Waals surface area contributed by atoms with Gasteiger partial charge in [0.2, 0.25) is 5.91 Å². The molecule has 1 amide bonds. The molecule has 2 N–H and O–H groups in total. The van der Waals surface area contributed by atoms with Crippen molar-refractivity contribution in [3.8, 4) is 0 Å². The summed E-state index contributed by atoms with van der Waals surface area (Å²) in [6.07, 6.45) is 1.11. The van der Waals surface area contributed by atoms with E-state index in [-0.39, 0.29) is 11.8 Å². The second-order valence-electron chi connectivity index (χ2n) is 4.95. The highest BCUT2D eigenvalue weighted by Crippen LogP contribution is 2.25. The van der Waals surface area contributed by atoms with Gasteiger partial charge in [-0.3, -0.25) is 4.79 Å². The number of amides is 1. The van der Waals surface area contributed by atoms with E-state index in [1.807, 2.05) is 23.9 Å². The molecule has 3 nitrogen and oxygen atoms in total. The first kappa shape index (κ1) is 12.1. The quantitative estimate of drug-likeness (QED) is 0.848. The number of nitrogens with one attached hydrogen (secondary N) is 2. The summed E-state index contributed by atoms with van der Waals surface area (Å²) in [4.78, 5) is 12.4. The Hall–Kier alpha value is -1.00. The maximum absolute atomic E-state index is 12.4. The Labute approximate surface area is 112 Å². The predicted octanol–water partition coefficient (Wildman–Crippen LogP) is 1.50. The molecular weight excluding hydrogens is 244 g/mol. The van der Waals surface area contributed by atoms with Crippen molar-refractivity contribution in [3.05, 3.63) is 35.4 Å². The van der Waals surface area contributed by atoms with Gasteiger partial charge in [-0.2, -0.15) is 11.8 Å². The Morgan fingerprint density at radius 3 is 3.11 bits per heavy atom. The minimum Gasteiger partial charge on any atom is -0.352 e. The third-order valence-electron chi connectivity index (χ3n) is 3.69. The van der Waals surface area contributed by atoms with E-state index in [1.54, 1.807) is 0 Å². The fourth-order valence-electron chi connectivity index (χ4n) is 2.68. The molecule has 2 aliphatic heterocycles. The van der Waals surface area contributed by atoms with Gasteiger partial charge in [0.05, 0.1) is 5.92 Å². The van der Waals surface area contributed by atoms with E-state index >= 15 is 0 Å². The smallest absolute Gasteiger partial charge is 0.229 e. The lowest BCUT2D eigenvalue weighted by molar-refractivity contribution is -0.123. The number of hydrogen-bond acceptors (Lipinski definition) is 3. The zero-order valence-electron chi connectivity index (χ0n) is 10.3. The summed E-state index contributed by atoms with van der Waals surface area (Å²) in [7, 11) is 0. The molecule has 0 spiro atoms. The van der Waals surface area contributed by atoms with Crippen molar-refractivity contribution in [1.82, 2.24) is 10.6 Å². The van der Waals surface area contributed by atoms with Crippen LogP contribution in [0.3, 0.4) is 0 Å². The lowest BCUT2D eigenvalue weighted by atomic mass is 9.90. The van der Waals surface area contributed by atoms with E-state index in [1.165, 1.54) is 16.9 Å². The van der Waals surface area contributed by atoms with E-state index in [0.717, 1.165) is 25.3 Å².